The number of carbonyl (C=O) groups excluding carboxylic acids is 2. The van der Waals surface area contributed by atoms with Crippen molar-refractivity contribution in [2.75, 3.05) is 16.9 Å². The van der Waals surface area contributed by atoms with Crippen molar-refractivity contribution in [3.8, 4) is 0 Å². The zero-order valence-corrected chi connectivity index (χ0v) is 13.9. The van der Waals surface area contributed by atoms with E-state index in [0.717, 1.165) is 4.90 Å². The highest BCUT2D eigenvalue weighted by molar-refractivity contribution is 7.98. The van der Waals surface area contributed by atoms with Gasteiger partial charge in [-0.1, -0.05) is 35.3 Å². The maximum absolute atomic E-state index is 11.9. The van der Waals surface area contributed by atoms with Crippen LogP contribution in [-0.2, 0) is 9.59 Å². The van der Waals surface area contributed by atoms with Gasteiger partial charge in [-0.15, -0.1) is 11.8 Å². The van der Waals surface area contributed by atoms with Crippen LogP contribution in [0.25, 0.3) is 0 Å². The molecule has 0 bridgehead atoms. The first-order valence-corrected chi connectivity index (χ1v) is 8.19. The molecule has 0 unspecified atom stereocenters. The third kappa shape index (κ3) is 4.16. The second-order valence-electron chi connectivity index (χ2n) is 4.24. The van der Waals surface area contributed by atoms with Crippen LogP contribution in [0.5, 0.6) is 0 Å². The van der Waals surface area contributed by atoms with Gasteiger partial charge >= 0.3 is 11.8 Å². The number of hydrogen-bond donors (Lipinski definition) is 2. The summed E-state index contributed by atoms with van der Waals surface area (Å²) in [6, 6.07) is 12.0. The van der Waals surface area contributed by atoms with Crippen molar-refractivity contribution in [1.29, 1.82) is 0 Å². The summed E-state index contributed by atoms with van der Waals surface area (Å²) < 4.78 is 0. The second kappa shape index (κ2) is 7.54. The maximum atomic E-state index is 11.9. The zero-order valence-electron chi connectivity index (χ0n) is 11.5. The van der Waals surface area contributed by atoms with Crippen molar-refractivity contribution in [3.63, 3.8) is 0 Å². The van der Waals surface area contributed by atoms with Gasteiger partial charge in [0.1, 0.15) is 0 Å². The third-order valence-electron chi connectivity index (χ3n) is 2.74. The molecule has 0 saturated carbocycles. The first-order chi connectivity index (χ1) is 10.5. The highest BCUT2D eigenvalue weighted by Gasteiger charge is 2.17. The molecular formula is C15H12Cl2N2O2S. The van der Waals surface area contributed by atoms with Crippen molar-refractivity contribution in [3.05, 3.63) is 52.5 Å². The van der Waals surface area contributed by atoms with Crippen molar-refractivity contribution in [2.24, 2.45) is 0 Å². The minimum atomic E-state index is -0.843. The van der Waals surface area contributed by atoms with E-state index in [-0.39, 0.29) is 15.7 Å². The van der Waals surface area contributed by atoms with Crippen LogP contribution in [0.3, 0.4) is 0 Å². The van der Waals surface area contributed by atoms with Crippen LogP contribution in [0.15, 0.2) is 47.4 Å². The maximum Gasteiger partial charge on any atom is 0.314 e. The van der Waals surface area contributed by atoms with Gasteiger partial charge in [0.05, 0.1) is 15.7 Å². The van der Waals surface area contributed by atoms with Gasteiger partial charge in [-0.3, -0.25) is 9.59 Å². The Morgan fingerprint density at radius 2 is 1.55 bits per heavy atom. The largest absolute Gasteiger partial charge is 0.318 e. The van der Waals surface area contributed by atoms with E-state index in [0.29, 0.717) is 5.69 Å². The number of carbonyl (C=O) groups is 2. The summed E-state index contributed by atoms with van der Waals surface area (Å²) in [6.45, 7) is 0. The van der Waals surface area contributed by atoms with Gasteiger partial charge in [-0.25, -0.2) is 0 Å². The fourth-order valence-electron chi connectivity index (χ4n) is 1.68. The van der Waals surface area contributed by atoms with Gasteiger partial charge in [0.25, 0.3) is 0 Å². The van der Waals surface area contributed by atoms with Crippen LogP contribution in [0.2, 0.25) is 10.0 Å². The summed E-state index contributed by atoms with van der Waals surface area (Å²) in [4.78, 5) is 24.8. The Kier molecular flexibility index (Phi) is 5.71. The minimum absolute atomic E-state index is 0.212. The Morgan fingerprint density at radius 1 is 0.955 bits per heavy atom. The summed E-state index contributed by atoms with van der Waals surface area (Å²) >= 11 is 13.4. The first kappa shape index (κ1) is 16.7. The molecule has 2 aromatic rings. The van der Waals surface area contributed by atoms with Gasteiger partial charge in [-0.2, -0.15) is 0 Å². The number of anilines is 2. The van der Waals surface area contributed by atoms with Gasteiger partial charge in [0.15, 0.2) is 0 Å². The lowest BCUT2D eigenvalue weighted by molar-refractivity contribution is -0.132. The summed E-state index contributed by atoms with van der Waals surface area (Å²) in [6.07, 6.45) is 1.92. The summed E-state index contributed by atoms with van der Waals surface area (Å²) in [5.41, 5.74) is 0.751. The fraction of sp³-hybridized carbons (Fsp3) is 0.0667. The molecule has 0 fully saturated rings. The molecule has 114 valence electrons. The van der Waals surface area contributed by atoms with Crippen LogP contribution in [0.4, 0.5) is 11.4 Å². The molecule has 0 aliphatic rings. The molecule has 2 amide bonds. The van der Waals surface area contributed by atoms with Gasteiger partial charge in [-0.05, 0) is 36.6 Å². The fourth-order valence-corrected chi connectivity index (χ4v) is 2.63. The molecule has 2 aromatic carbocycles. The Labute approximate surface area is 142 Å². The molecular weight excluding hydrogens is 343 g/mol. The van der Waals surface area contributed by atoms with Gasteiger partial charge < -0.3 is 10.6 Å². The summed E-state index contributed by atoms with van der Waals surface area (Å²) in [7, 11) is 0. The lowest BCUT2D eigenvalue weighted by atomic mass is 10.3. The number of nitrogens with one attached hydrogen (secondary N) is 2. The molecule has 0 heterocycles. The molecule has 0 spiro atoms. The average molecular weight is 355 g/mol. The van der Waals surface area contributed by atoms with Gasteiger partial charge in [0.2, 0.25) is 0 Å². The quantitative estimate of drug-likeness (QED) is 0.638. The SMILES string of the molecule is CSc1cccc(NC(=O)C(=O)Nc2c(Cl)cccc2Cl)c1. The van der Waals surface area contributed by atoms with E-state index < -0.39 is 11.8 Å². The van der Waals surface area contributed by atoms with Crippen LogP contribution >= 0.6 is 35.0 Å². The standard InChI is InChI=1S/C15H12Cl2N2O2S/c1-22-10-5-2-4-9(8-10)18-14(20)15(21)19-13-11(16)6-3-7-12(13)17/h2-8H,1H3,(H,18,20)(H,19,21). The molecule has 0 aliphatic carbocycles. The number of benzene rings is 2. The minimum Gasteiger partial charge on any atom is -0.318 e. The number of halogens is 2. The van der Waals surface area contributed by atoms with Crippen molar-refractivity contribution in [1.82, 2.24) is 0 Å². The van der Waals surface area contributed by atoms with Crippen LogP contribution in [0, 0.1) is 0 Å². The van der Waals surface area contributed by atoms with Crippen molar-refractivity contribution in [2.45, 2.75) is 4.90 Å². The molecule has 0 saturated heterocycles. The molecule has 22 heavy (non-hydrogen) atoms. The third-order valence-corrected chi connectivity index (χ3v) is 4.09. The highest BCUT2D eigenvalue weighted by atomic mass is 35.5. The number of amides is 2. The van der Waals surface area contributed by atoms with E-state index in [1.165, 1.54) is 11.8 Å². The van der Waals surface area contributed by atoms with E-state index in [2.05, 4.69) is 10.6 Å². The number of thioether (sulfide) groups is 1. The number of hydrogen-bond acceptors (Lipinski definition) is 3. The average Bonchev–Trinajstić information content (AvgIpc) is 2.51. The van der Waals surface area contributed by atoms with Crippen molar-refractivity contribution >= 4 is 58.2 Å². The first-order valence-electron chi connectivity index (χ1n) is 6.21. The van der Waals surface area contributed by atoms with E-state index in [9.17, 15) is 9.59 Å². The lowest BCUT2D eigenvalue weighted by Gasteiger charge is -2.09. The van der Waals surface area contributed by atoms with Crippen LogP contribution < -0.4 is 10.6 Å². The second-order valence-corrected chi connectivity index (χ2v) is 5.93. The number of para-hydroxylation sites is 1. The number of rotatable bonds is 3. The Morgan fingerprint density at radius 3 is 2.18 bits per heavy atom. The molecule has 7 heteroatoms. The molecule has 4 nitrogen and oxygen atoms in total. The molecule has 2 rings (SSSR count). The molecule has 2 N–H and O–H groups in total. The van der Waals surface area contributed by atoms with E-state index in [4.69, 9.17) is 23.2 Å². The predicted molar refractivity (Wildman–Crippen MR) is 91.9 cm³/mol. The van der Waals surface area contributed by atoms with Crippen LogP contribution in [0.1, 0.15) is 0 Å². The van der Waals surface area contributed by atoms with Gasteiger partial charge in [0, 0.05) is 10.6 Å². The predicted octanol–water partition coefficient (Wildman–Crippen LogP) is 4.29. The van der Waals surface area contributed by atoms with Crippen molar-refractivity contribution < 1.29 is 9.59 Å². The smallest absolute Gasteiger partial charge is 0.314 e. The Hall–Kier alpha value is -1.69. The topological polar surface area (TPSA) is 58.2 Å². The normalized spacial score (nSPS) is 10.1. The van der Waals surface area contributed by atoms with E-state index in [1.807, 2.05) is 12.3 Å². The molecule has 0 aliphatic heterocycles. The Bertz CT molecular complexity index is 702. The monoisotopic (exact) mass is 354 g/mol. The van der Waals surface area contributed by atoms with E-state index in [1.54, 1.807) is 36.4 Å². The Balaban J connectivity index is 2.08. The lowest BCUT2D eigenvalue weighted by Crippen LogP contribution is -2.29. The summed E-state index contributed by atoms with van der Waals surface area (Å²) in [5.74, 6) is -1.64. The summed E-state index contributed by atoms with van der Waals surface area (Å²) in [5, 5.41) is 5.46. The molecule has 0 atom stereocenters. The molecule has 0 radical (unpaired) electrons. The highest BCUT2D eigenvalue weighted by Crippen LogP contribution is 2.29. The van der Waals surface area contributed by atoms with E-state index >= 15 is 0 Å². The van der Waals surface area contributed by atoms with Crippen LogP contribution in [-0.4, -0.2) is 18.1 Å². The molecule has 0 aromatic heterocycles. The zero-order chi connectivity index (χ0) is 16.1.